The van der Waals surface area contributed by atoms with E-state index in [4.69, 9.17) is 5.14 Å². The summed E-state index contributed by atoms with van der Waals surface area (Å²) < 4.78 is 22.8. The molecular formula is C14H20N2O3S. The normalized spacial score (nSPS) is 12.3. The molecule has 0 atom stereocenters. The fraction of sp³-hybridized carbons (Fsp3) is 0.357. The highest BCUT2D eigenvalue weighted by atomic mass is 32.2. The Kier molecular flexibility index (Phi) is 5.08. The van der Waals surface area contributed by atoms with Gasteiger partial charge in [-0.1, -0.05) is 13.0 Å². The number of anilines is 1. The first-order valence-corrected chi connectivity index (χ1v) is 7.83. The van der Waals surface area contributed by atoms with Crippen molar-refractivity contribution in [3.05, 3.63) is 34.9 Å². The highest BCUT2D eigenvalue weighted by molar-refractivity contribution is 7.89. The molecule has 0 aliphatic carbocycles. The zero-order valence-corrected chi connectivity index (χ0v) is 13.0. The predicted octanol–water partition coefficient (Wildman–Crippen LogP) is 2.25. The molecule has 110 valence electrons. The smallest absolute Gasteiger partial charge is 0.250 e. The molecule has 0 aliphatic rings. The SMILES string of the molecule is CC/C=C(/C)C(=O)Nc1cc(S(N)(=O)=O)cc(C)c1C. The van der Waals surface area contributed by atoms with Crippen LogP contribution in [0.15, 0.2) is 28.7 Å². The van der Waals surface area contributed by atoms with Crippen molar-refractivity contribution in [2.45, 2.75) is 39.0 Å². The van der Waals surface area contributed by atoms with E-state index < -0.39 is 10.0 Å². The maximum Gasteiger partial charge on any atom is 0.250 e. The molecule has 1 aromatic carbocycles. The van der Waals surface area contributed by atoms with Crippen LogP contribution in [-0.4, -0.2) is 14.3 Å². The minimum Gasteiger partial charge on any atom is -0.322 e. The van der Waals surface area contributed by atoms with Gasteiger partial charge in [0.2, 0.25) is 10.0 Å². The second-order valence-electron chi connectivity index (χ2n) is 4.71. The Balaban J connectivity index is 3.22. The van der Waals surface area contributed by atoms with Crippen molar-refractivity contribution in [2.24, 2.45) is 5.14 Å². The zero-order chi connectivity index (χ0) is 15.5. The van der Waals surface area contributed by atoms with Crippen LogP contribution in [0.1, 0.15) is 31.4 Å². The molecule has 5 nitrogen and oxygen atoms in total. The minimum atomic E-state index is -3.80. The van der Waals surface area contributed by atoms with Gasteiger partial charge in [0, 0.05) is 11.3 Å². The monoisotopic (exact) mass is 296 g/mol. The van der Waals surface area contributed by atoms with Gasteiger partial charge >= 0.3 is 0 Å². The van der Waals surface area contributed by atoms with E-state index in [2.05, 4.69) is 5.32 Å². The number of hydrogen-bond donors (Lipinski definition) is 2. The number of carbonyl (C=O) groups is 1. The van der Waals surface area contributed by atoms with E-state index >= 15 is 0 Å². The van der Waals surface area contributed by atoms with E-state index in [1.807, 2.05) is 13.8 Å². The Morgan fingerprint density at radius 3 is 2.45 bits per heavy atom. The maximum absolute atomic E-state index is 12.0. The van der Waals surface area contributed by atoms with Gasteiger partial charge < -0.3 is 5.32 Å². The van der Waals surface area contributed by atoms with Crippen LogP contribution in [0.5, 0.6) is 0 Å². The van der Waals surface area contributed by atoms with Gasteiger partial charge in [0.25, 0.3) is 5.91 Å². The van der Waals surface area contributed by atoms with Gasteiger partial charge in [0.15, 0.2) is 0 Å². The molecule has 6 heteroatoms. The summed E-state index contributed by atoms with van der Waals surface area (Å²) in [4.78, 5) is 12.0. The summed E-state index contributed by atoms with van der Waals surface area (Å²) in [5, 5.41) is 7.85. The van der Waals surface area contributed by atoms with E-state index in [-0.39, 0.29) is 10.8 Å². The van der Waals surface area contributed by atoms with Crippen molar-refractivity contribution in [2.75, 3.05) is 5.32 Å². The second-order valence-corrected chi connectivity index (χ2v) is 6.27. The third-order valence-corrected chi connectivity index (χ3v) is 3.98. The van der Waals surface area contributed by atoms with Gasteiger partial charge in [-0.25, -0.2) is 13.6 Å². The van der Waals surface area contributed by atoms with Crippen LogP contribution < -0.4 is 10.5 Å². The van der Waals surface area contributed by atoms with Gasteiger partial charge in [0.1, 0.15) is 0 Å². The Bertz CT molecular complexity index is 661. The van der Waals surface area contributed by atoms with E-state index in [9.17, 15) is 13.2 Å². The number of allylic oxidation sites excluding steroid dienone is 1. The third kappa shape index (κ3) is 3.91. The average Bonchev–Trinajstić information content (AvgIpc) is 2.33. The number of amides is 1. The zero-order valence-electron chi connectivity index (χ0n) is 12.1. The molecule has 1 aromatic rings. The summed E-state index contributed by atoms with van der Waals surface area (Å²) in [6, 6.07) is 2.88. The van der Waals surface area contributed by atoms with E-state index in [0.717, 1.165) is 17.5 Å². The lowest BCUT2D eigenvalue weighted by Gasteiger charge is -2.13. The number of hydrogen-bond acceptors (Lipinski definition) is 3. The van der Waals surface area contributed by atoms with Crippen molar-refractivity contribution in [1.82, 2.24) is 0 Å². The maximum atomic E-state index is 12.0. The molecular weight excluding hydrogens is 276 g/mol. The van der Waals surface area contributed by atoms with E-state index in [1.165, 1.54) is 12.1 Å². The topological polar surface area (TPSA) is 89.3 Å². The van der Waals surface area contributed by atoms with Gasteiger partial charge in [-0.15, -0.1) is 0 Å². The molecule has 0 radical (unpaired) electrons. The Morgan fingerprint density at radius 2 is 1.95 bits per heavy atom. The molecule has 0 bridgehead atoms. The Morgan fingerprint density at radius 1 is 1.35 bits per heavy atom. The first-order chi connectivity index (χ1) is 9.16. The lowest BCUT2D eigenvalue weighted by molar-refractivity contribution is -0.112. The predicted molar refractivity (Wildman–Crippen MR) is 80.0 cm³/mol. The molecule has 20 heavy (non-hydrogen) atoms. The molecule has 0 unspecified atom stereocenters. The number of benzene rings is 1. The van der Waals surface area contributed by atoms with Crippen LogP contribution in [0.4, 0.5) is 5.69 Å². The minimum absolute atomic E-state index is 0.00646. The third-order valence-electron chi connectivity index (χ3n) is 3.09. The van der Waals surface area contributed by atoms with Crippen LogP contribution in [0.3, 0.4) is 0 Å². The summed E-state index contributed by atoms with van der Waals surface area (Å²) in [6.45, 7) is 7.24. The van der Waals surface area contributed by atoms with Gasteiger partial charge in [-0.2, -0.15) is 0 Å². The number of sulfonamides is 1. The van der Waals surface area contributed by atoms with Crippen LogP contribution >= 0.6 is 0 Å². The molecule has 3 N–H and O–H groups in total. The van der Waals surface area contributed by atoms with Crippen molar-refractivity contribution in [3.63, 3.8) is 0 Å². The number of primary sulfonamides is 1. The van der Waals surface area contributed by atoms with Crippen LogP contribution in [-0.2, 0) is 14.8 Å². The summed E-state index contributed by atoms with van der Waals surface area (Å²) in [6.07, 6.45) is 2.57. The fourth-order valence-electron chi connectivity index (χ4n) is 1.74. The Labute approximate surface area is 119 Å². The Hall–Kier alpha value is -1.66. The molecule has 1 amide bonds. The molecule has 1 rings (SSSR count). The number of aryl methyl sites for hydroxylation is 1. The quantitative estimate of drug-likeness (QED) is 0.835. The number of carbonyl (C=O) groups excluding carboxylic acids is 1. The molecule has 0 saturated carbocycles. The molecule has 0 fully saturated rings. The summed E-state index contributed by atoms with van der Waals surface area (Å²) >= 11 is 0. The fourth-order valence-corrected chi connectivity index (χ4v) is 2.36. The number of rotatable bonds is 4. The van der Waals surface area contributed by atoms with Gasteiger partial charge in [-0.3, -0.25) is 4.79 Å². The highest BCUT2D eigenvalue weighted by Gasteiger charge is 2.14. The van der Waals surface area contributed by atoms with Crippen molar-refractivity contribution >= 4 is 21.6 Å². The van der Waals surface area contributed by atoms with E-state index in [0.29, 0.717) is 11.3 Å². The number of nitrogens with two attached hydrogens (primary N) is 1. The lowest BCUT2D eigenvalue weighted by Crippen LogP contribution is -2.16. The summed E-state index contributed by atoms with van der Waals surface area (Å²) in [7, 11) is -3.80. The highest BCUT2D eigenvalue weighted by Crippen LogP contribution is 2.24. The second kappa shape index (κ2) is 6.19. The van der Waals surface area contributed by atoms with Gasteiger partial charge in [0.05, 0.1) is 4.90 Å². The van der Waals surface area contributed by atoms with Crippen molar-refractivity contribution < 1.29 is 13.2 Å². The lowest BCUT2D eigenvalue weighted by atomic mass is 10.1. The van der Waals surface area contributed by atoms with Crippen molar-refractivity contribution in [3.8, 4) is 0 Å². The van der Waals surface area contributed by atoms with Crippen LogP contribution in [0.2, 0.25) is 0 Å². The molecule has 0 spiro atoms. The summed E-state index contributed by atoms with van der Waals surface area (Å²) in [5.74, 6) is -0.249. The van der Waals surface area contributed by atoms with Crippen molar-refractivity contribution in [1.29, 1.82) is 0 Å². The largest absolute Gasteiger partial charge is 0.322 e. The molecule has 0 aromatic heterocycles. The van der Waals surface area contributed by atoms with Crippen LogP contribution in [0.25, 0.3) is 0 Å². The summed E-state index contributed by atoms with van der Waals surface area (Å²) in [5.41, 5.74) is 2.62. The first kappa shape index (κ1) is 16.4. The first-order valence-electron chi connectivity index (χ1n) is 6.29. The standard InChI is InChI=1S/C14H20N2O3S/c1-5-6-9(2)14(17)16-13-8-12(20(15,18)19)7-10(3)11(13)4/h6-8H,5H2,1-4H3,(H,16,17)(H2,15,18,19)/b9-6-. The van der Waals surface area contributed by atoms with Gasteiger partial charge in [-0.05, 0) is 50.5 Å². The molecule has 0 heterocycles. The average molecular weight is 296 g/mol. The molecule has 0 saturated heterocycles. The number of nitrogens with one attached hydrogen (secondary N) is 1. The van der Waals surface area contributed by atoms with E-state index in [1.54, 1.807) is 19.9 Å². The van der Waals surface area contributed by atoms with Crippen LogP contribution in [0, 0.1) is 13.8 Å². The molecule has 0 aliphatic heterocycles.